The van der Waals surface area contributed by atoms with Gasteiger partial charge in [0.15, 0.2) is 5.82 Å². The summed E-state index contributed by atoms with van der Waals surface area (Å²) in [6.45, 7) is 1.68. The number of para-hydroxylation sites is 1. The van der Waals surface area contributed by atoms with Crippen LogP contribution in [0.15, 0.2) is 22.7 Å². The first-order chi connectivity index (χ1) is 10.0. The molecule has 1 aromatic heterocycles. The second kappa shape index (κ2) is 4.92. The number of hydrogen-bond acceptors (Lipinski definition) is 6. The Morgan fingerprint density at radius 3 is 2.76 bits per heavy atom. The predicted octanol–water partition coefficient (Wildman–Crippen LogP) is 2.68. The molecule has 21 heavy (non-hydrogen) atoms. The van der Waals surface area contributed by atoms with E-state index in [9.17, 15) is 10.1 Å². The van der Waals surface area contributed by atoms with Gasteiger partial charge in [-0.2, -0.15) is 4.98 Å². The molecule has 1 heterocycles. The molecule has 3 rings (SSSR count). The van der Waals surface area contributed by atoms with Crippen LogP contribution in [0.25, 0.3) is 11.5 Å². The number of nitro benzene ring substituents is 1. The normalized spacial score (nSPS) is 17.0. The summed E-state index contributed by atoms with van der Waals surface area (Å²) in [5.41, 5.74) is 6.59. The highest BCUT2D eigenvalue weighted by Gasteiger charge is 2.36. The average Bonchev–Trinajstić information content (AvgIpc) is 3.07. The number of nitro groups is 1. The molecule has 110 valence electrons. The number of nitrogens with two attached hydrogens (primary N) is 1. The molecule has 2 aromatic rings. The minimum Gasteiger partial charge on any atom is -0.334 e. The van der Waals surface area contributed by atoms with E-state index in [1.54, 1.807) is 25.1 Å². The van der Waals surface area contributed by atoms with E-state index >= 15 is 0 Å². The highest BCUT2D eigenvalue weighted by Crippen LogP contribution is 2.37. The molecule has 0 aliphatic heterocycles. The van der Waals surface area contributed by atoms with Gasteiger partial charge in [0.25, 0.3) is 11.6 Å². The van der Waals surface area contributed by atoms with Gasteiger partial charge in [0.1, 0.15) is 5.56 Å². The third-order valence-electron chi connectivity index (χ3n) is 4.02. The van der Waals surface area contributed by atoms with Gasteiger partial charge in [-0.1, -0.05) is 30.1 Å². The maximum absolute atomic E-state index is 11.2. The largest absolute Gasteiger partial charge is 0.334 e. The molecule has 7 nitrogen and oxygen atoms in total. The summed E-state index contributed by atoms with van der Waals surface area (Å²) in [6, 6.07) is 5.02. The Labute approximate surface area is 121 Å². The van der Waals surface area contributed by atoms with Crippen molar-refractivity contribution in [2.75, 3.05) is 0 Å². The van der Waals surface area contributed by atoms with Crippen LogP contribution in [0, 0.1) is 17.0 Å². The summed E-state index contributed by atoms with van der Waals surface area (Å²) in [5, 5.41) is 15.2. The lowest BCUT2D eigenvalue weighted by Crippen LogP contribution is -2.34. The molecule has 0 atom stereocenters. The average molecular weight is 288 g/mol. The van der Waals surface area contributed by atoms with Gasteiger partial charge in [-0.25, -0.2) is 0 Å². The van der Waals surface area contributed by atoms with Crippen LogP contribution >= 0.6 is 0 Å². The van der Waals surface area contributed by atoms with Crippen LogP contribution in [0.1, 0.15) is 37.1 Å². The summed E-state index contributed by atoms with van der Waals surface area (Å²) in [4.78, 5) is 15.1. The summed E-state index contributed by atoms with van der Waals surface area (Å²) in [6.07, 6.45) is 3.68. The van der Waals surface area contributed by atoms with Gasteiger partial charge in [-0.05, 0) is 25.8 Å². The molecular formula is C14H16N4O3. The van der Waals surface area contributed by atoms with E-state index in [1.807, 2.05) is 0 Å². The van der Waals surface area contributed by atoms with Gasteiger partial charge in [0.05, 0.1) is 10.5 Å². The Hall–Kier alpha value is -2.28. The topological polar surface area (TPSA) is 108 Å². The number of hydrogen-bond donors (Lipinski definition) is 1. The van der Waals surface area contributed by atoms with Crippen molar-refractivity contribution in [3.05, 3.63) is 39.7 Å². The summed E-state index contributed by atoms with van der Waals surface area (Å²) < 4.78 is 5.23. The smallest absolute Gasteiger partial charge is 0.285 e. The van der Waals surface area contributed by atoms with Crippen LogP contribution in [0.4, 0.5) is 5.69 Å². The van der Waals surface area contributed by atoms with Crippen LogP contribution in [-0.2, 0) is 5.54 Å². The van der Waals surface area contributed by atoms with Gasteiger partial charge in [0, 0.05) is 5.56 Å². The van der Waals surface area contributed by atoms with Crippen molar-refractivity contribution in [1.82, 2.24) is 10.1 Å². The van der Waals surface area contributed by atoms with E-state index < -0.39 is 10.5 Å². The molecule has 7 heteroatoms. The highest BCUT2D eigenvalue weighted by atomic mass is 16.6. The molecule has 0 amide bonds. The highest BCUT2D eigenvalue weighted by molar-refractivity contribution is 5.69. The van der Waals surface area contributed by atoms with E-state index in [0.29, 0.717) is 17.0 Å². The Bertz CT molecular complexity index is 689. The molecule has 0 unspecified atom stereocenters. The number of aryl methyl sites for hydroxylation is 1. The van der Waals surface area contributed by atoms with Crippen molar-refractivity contribution < 1.29 is 9.45 Å². The van der Waals surface area contributed by atoms with Crippen molar-refractivity contribution in [3.8, 4) is 11.5 Å². The van der Waals surface area contributed by atoms with Crippen LogP contribution in [0.3, 0.4) is 0 Å². The van der Waals surface area contributed by atoms with Gasteiger partial charge in [-0.15, -0.1) is 0 Å². The van der Waals surface area contributed by atoms with Crippen molar-refractivity contribution in [2.45, 2.75) is 38.1 Å². The molecule has 1 saturated carbocycles. The first kappa shape index (κ1) is 13.7. The van der Waals surface area contributed by atoms with Crippen LogP contribution in [0.5, 0.6) is 0 Å². The minimum atomic E-state index is -0.569. The van der Waals surface area contributed by atoms with Crippen LogP contribution < -0.4 is 5.73 Å². The second-order valence-corrected chi connectivity index (χ2v) is 5.51. The van der Waals surface area contributed by atoms with Crippen LogP contribution in [-0.4, -0.2) is 15.1 Å². The lowest BCUT2D eigenvalue weighted by atomic mass is 9.98. The standard InChI is InChI=1S/C14H16N4O3/c1-9-5-4-6-10(11(9)18(19)20)12-16-13(17-21-12)14(15)7-2-3-8-14/h4-6H,2-3,7-8,15H2,1H3. The minimum absolute atomic E-state index is 0.00908. The lowest BCUT2D eigenvalue weighted by Gasteiger charge is -2.17. The van der Waals surface area contributed by atoms with E-state index in [4.69, 9.17) is 10.3 Å². The molecule has 1 fully saturated rings. The second-order valence-electron chi connectivity index (χ2n) is 5.51. The molecule has 0 spiro atoms. The molecule has 1 aliphatic carbocycles. The maximum atomic E-state index is 11.2. The van der Waals surface area contributed by atoms with E-state index in [2.05, 4.69) is 10.1 Å². The summed E-state index contributed by atoms with van der Waals surface area (Å²) in [5.74, 6) is 0.586. The third kappa shape index (κ3) is 2.29. The maximum Gasteiger partial charge on any atom is 0.285 e. The summed E-state index contributed by atoms with van der Waals surface area (Å²) >= 11 is 0. The first-order valence-electron chi connectivity index (χ1n) is 6.89. The number of aromatic nitrogens is 2. The third-order valence-corrected chi connectivity index (χ3v) is 4.02. The molecule has 2 N–H and O–H groups in total. The van der Waals surface area contributed by atoms with Crippen molar-refractivity contribution >= 4 is 5.69 Å². The number of nitrogens with zero attached hydrogens (tertiary/aromatic N) is 3. The quantitative estimate of drug-likeness (QED) is 0.687. The number of rotatable bonds is 3. The summed E-state index contributed by atoms with van der Waals surface area (Å²) in [7, 11) is 0. The molecule has 0 saturated heterocycles. The van der Waals surface area contributed by atoms with E-state index in [-0.39, 0.29) is 11.6 Å². The van der Waals surface area contributed by atoms with E-state index in [0.717, 1.165) is 25.7 Å². The van der Waals surface area contributed by atoms with E-state index in [1.165, 1.54) is 0 Å². The zero-order valence-electron chi connectivity index (χ0n) is 11.7. The van der Waals surface area contributed by atoms with Gasteiger partial charge < -0.3 is 10.3 Å². The van der Waals surface area contributed by atoms with Crippen molar-refractivity contribution in [2.24, 2.45) is 5.73 Å². The van der Waals surface area contributed by atoms with Crippen LogP contribution in [0.2, 0.25) is 0 Å². The fourth-order valence-electron chi connectivity index (χ4n) is 2.84. The molecule has 1 aliphatic rings. The number of benzene rings is 1. The Morgan fingerprint density at radius 2 is 2.10 bits per heavy atom. The zero-order valence-corrected chi connectivity index (χ0v) is 11.7. The zero-order chi connectivity index (χ0) is 15.0. The van der Waals surface area contributed by atoms with Gasteiger partial charge in [-0.3, -0.25) is 10.1 Å². The molecule has 0 radical (unpaired) electrons. The monoisotopic (exact) mass is 288 g/mol. The van der Waals surface area contributed by atoms with Crippen molar-refractivity contribution in [3.63, 3.8) is 0 Å². The molecule has 1 aromatic carbocycles. The SMILES string of the molecule is Cc1cccc(-c2nc(C3(N)CCCC3)no2)c1[N+](=O)[O-]. The Balaban J connectivity index is 2.05. The lowest BCUT2D eigenvalue weighted by molar-refractivity contribution is -0.384. The van der Waals surface area contributed by atoms with Gasteiger partial charge in [0.2, 0.25) is 0 Å². The van der Waals surface area contributed by atoms with Crippen molar-refractivity contribution in [1.29, 1.82) is 0 Å². The van der Waals surface area contributed by atoms with Gasteiger partial charge >= 0.3 is 0 Å². The molecular weight excluding hydrogens is 272 g/mol. The predicted molar refractivity (Wildman–Crippen MR) is 75.5 cm³/mol. The fraction of sp³-hybridized carbons (Fsp3) is 0.429. The first-order valence-corrected chi connectivity index (χ1v) is 6.89. The Morgan fingerprint density at radius 1 is 1.38 bits per heavy atom. The molecule has 0 bridgehead atoms. The Kier molecular flexibility index (Phi) is 3.21. The fourth-order valence-corrected chi connectivity index (χ4v) is 2.84.